The summed E-state index contributed by atoms with van der Waals surface area (Å²) in [6.07, 6.45) is 1.07. The molecule has 9 nitrogen and oxygen atoms in total. The molecule has 3 aromatic rings. The van der Waals surface area contributed by atoms with Crippen LogP contribution in [0.1, 0.15) is 28.3 Å². The van der Waals surface area contributed by atoms with Crippen LogP contribution in [-0.2, 0) is 14.8 Å². The average Bonchev–Trinajstić information content (AvgIpc) is 3.22. The van der Waals surface area contributed by atoms with Crippen molar-refractivity contribution < 1.29 is 27.1 Å². The smallest absolute Gasteiger partial charge is 0.250 e. The Hall–Kier alpha value is -4.14. The number of primary amides is 1. The number of para-hydroxylation sites is 1. The van der Waals surface area contributed by atoms with Gasteiger partial charge in [0.1, 0.15) is 5.75 Å². The second-order valence-corrected chi connectivity index (χ2v) is 10.5. The lowest BCUT2D eigenvalue weighted by Crippen LogP contribution is -2.25. The standard InChI is InChI=1S/C25H20ClFN4O5S/c1-29-21-5-3-4-19(27)24(21)36-22-10-14(6-8-18(22)26)15-11-23(32)31(13-15)16-7-9-20(30-37(2,34)35)17(12-16)25(28)33/h3-10,12,15,30H,11,13H2,2H3,(H2,28,33)/t15-/m0/s1. The summed E-state index contributed by atoms with van der Waals surface area (Å²) in [6.45, 7) is 7.48. The maximum absolute atomic E-state index is 14.3. The van der Waals surface area contributed by atoms with Crippen LogP contribution in [0.3, 0.4) is 0 Å². The number of carbonyl (C=O) groups is 2. The van der Waals surface area contributed by atoms with Crippen molar-refractivity contribution in [3.63, 3.8) is 0 Å². The number of nitrogens with two attached hydrogens (primary N) is 1. The zero-order chi connectivity index (χ0) is 26.9. The average molecular weight is 543 g/mol. The molecule has 2 amide bonds. The Labute approximate surface area is 217 Å². The van der Waals surface area contributed by atoms with Gasteiger partial charge in [0.2, 0.25) is 21.6 Å². The molecular formula is C25H20ClFN4O5S. The summed E-state index contributed by atoms with van der Waals surface area (Å²) in [7, 11) is -3.66. The Kier molecular flexibility index (Phi) is 7.07. The van der Waals surface area contributed by atoms with Gasteiger partial charge in [-0.15, -0.1) is 0 Å². The maximum atomic E-state index is 14.3. The van der Waals surface area contributed by atoms with E-state index in [9.17, 15) is 22.4 Å². The molecule has 0 aromatic heterocycles. The van der Waals surface area contributed by atoms with E-state index in [4.69, 9.17) is 28.6 Å². The molecule has 3 aromatic carbocycles. The Bertz CT molecular complexity index is 1570. The highest BCUT2D eigenvalue weighted by Crippen LogP contribution is 2.40. The summed E-state index contributed by atoms with van der Waals surface area (Å²) in [5, 5.41) is 0.198. The summed E-state index contributed by atoms with van der Waals surface area (Å²) in [5.41, 5.74) is 6.42. The van der Waals surface area contributed by atoms with Gasteiger partial charge in [0, 0.05) is 24.6 Å². The first-order chi connectivity index (χ1) is 17.5. The zero-order valence-corrected chi connectivity index (χ0v) is 20.9. The molecule has 0 aliphatic carbocycles. The highest BCUT2D eigenvalue weighted by Gasteiger charge is 2.33. The van der Waals surface area contributed by atoms with Gasteiger partial charge in [0.25, 0.3) is 5.91 Å². The van der Waals surface area contributed by atoms with Crippen LogP contribution in [0, 0.1) is 12.4 Å². The van der Waals surface area contributed by atoms with Crippen molar-refractivity contribution in [3.05, 3.63) is 88.0 Å². The molecule has 1 aliphatic heterocycles. The Morgan fingerprint density at radius 2 is 2.00 bits per heavy atom. The lowest BCUT2D eigenvalue weighted by molar-refractivity contribution is -0.117. The van der Waals surface area contributed by atoms with Crippen molar-refractivity contribution in [2.45, 2.75) is 12.3 Å². The quantitative estimate of drug-likeness (QED) is 0.415. The summed E-state index contributed by atoms with van der Waals surface area (Å²) in [6, 6.07) is 13.1. The Morgan fingerprint density at radius 1 is 1.24 bits per heavy atom. The monoisotopic (exact) mass is 542 g/mol. The van der Waals surface area contributed by atoms with Gasteiger partial charge in [-0.3, -0.25) is 14.3 Å². The molecule has 37 heavy (non-hydrogen) atoms. The van der Waals surface area contributed by atoms with Crippen molar-refractivity contribution in [1.29, 1.82) is 0 Å². The van der Waals surface area contributed by atoms with Gasteiger partial charge in [-0.05, 0) is 42.0 Å². The highest BCUT2D eigenvalue weighted by molar-refractivity contribution is 7.92. The van der Waals surface area contributed by atoms with E-state index in [0.29, 0.717) is 11.3 Å². The SMILES string of the molecule is [C-]#[N+]c1cccc(F)c1Oc1cc([C@H]2CC(=O)N(c3ccc(NS(C)(=O)=O)c(C(N)=O)c3)C2)ccc1Cl. The van der Waals surface area contributed by atoms with E-state index in [1.807, 2.05) is 0 Å². The fourth-order valence-electron chi connectivity index (χ4n) is 4.02. The van der Waals surface area contributed by atoms with Gasteiger partial charge in [-0.1, -0.05) is 29.8 Å². The van der Waals surface area contributed by atoms with Gasteiger partial charge in [-0.2, -0.15) is 0 Å². The van der Waals surface area contributed by atoms with Crippen LogP contribution in [-0.4, -0.2) is 33.0 Å². The topological polar surface area (TPSA) is 123 Å². The molecule has 3 N–H and O–H groups in total. The first-order valence-electron chi connectivity index (χ1n) is 10.8. The van der Waals surface area contributed by atoms with Crippen molar-refractivity contribution in [2.75, 3.05) is 22.4 Å². The number of carbonyl (C=O) groups excluding carboxylic acids is 2. The van der Waals surface area contributed by atoms with Crippen LogP contribution in [0.15, 0.2) is 54.6 Å². The number of benzene rings is 3. The van der Waals surface area contributed by atoms with Crippen LogP contribution in [0.2, 0.25) is 5.02 Å². The van der Waals surface area contributed by atoms with E-state index in [1.54, 1.807) is 18.2 Å². The van der Waals surface area contributed by atoms with Gasteiger partial charge in [0.15, 0.2) is 11.6 Å². The third-order valence-electron chi connectivity index (χ3n) is 5.71. The number of hydrogen-bond donors (Lipinski definition) is 2. The maximum Gasteiger partial charge on any atom is 0.250 e. The number of nitrogens with zero attached hydrogens (tertiary/aromatic N) is 2. The largest absolute Gasteiger partial charge is 0.464 e. The van der Waals surface area contributed by atoms with Gasteiger partial charge < -0.3 is 15.4 Å². The molecule has 0 saturated carbocycles. The zero-order valence-electron chi connectivity index (χ0n) is 19.4. The molecule has 0 bridgehead atoms. The minimum absolute atomic E-state index is 0.00775. The number of sulfonamides is 1. The molecule has 1 heterocycles. The fraction of sp³-hybridized carbons (Fsp3) is 0.160. The number of nitrogens with one attached hydrogen (secondary N) is 1. The number of ether oxygens (including phenoxy) is 1. The lowest BCUT2D eigenvalue weighted by atomic mass is 9.98. The fourth-order valence-corrected chi connectivity index (χ4v) is 4.76. The molecule has 0 radical (unpaired) electrons. The molecular weight excluding hydrogens is 523 g/mol. The van der Waals surface area contributed by atoms with E-state index in [2.05, 4.69) is 9.57 Å². The molecule has 4 rings (SSSR count). The molecule has 1 fully saturated rings. The second-order valence-electron chi connectivity index (χ2n) is 8.37. The first kappa shape index (κ1) is 25.9. The normalized spacial score (nSPS) is 15.4. The van der Waals surface area contributed by atoms with Gasteiger partial charge in [-0.25, -0.2) is 17.7 Å². The molecule has 1 saturated heterocycles. The molecule has 1 aliphatic rings. The van der Waals surface area contributed by atoms with Crippen LogP contribution in [0.25, 0.3) is 4.85 Å². The Morgan fingerprint density at radius 3 is 2.68 bits per heavy atom. The summed E-state index contributed by atoms with van der Waals surface area (Å²) >= 11 is 6.27. The van der Waals surface area contributed by atoms with Crippen LogP contribution < -0.4 is 20.1 Å². The highest BCUT2D eigenvalue weighted by atomic mass is 35.5. The second kappa shape index (κ2) is 10.1. The van der Waals surface area contributed by atoms with Crippen molar-refractivity contribution in [2.24, 2.45) is 5.73 Å². The summed E-state index contributed by atoms with van der Waals surface area (Å²) < 4.78 is 45.4. The van der Waals surface area contributed by atoms with E-state index in [1.165, 1.54) is 41.3 Å². The minimum atomic E-state index is -3.66. The van der Waals surface area contributed by atoms with Crippen LogP contribution in [0.5, 0.6) is 11.5 Å². The number of hydrogen-bond acceptors (Lipinski definition) is 5. The van der Waals surface area contributed by atoms with E-state index >= 15 is 0 Å². The van der Waals surface area contributed by atoms with Gasteiger partial charge >= 0.3 is 0 Å². The predicted octanol–water partition coefficient (Wildman–Crippen LogP) is 4.81. The van der Waals surface area contributed by atoms with E-state index in [-0.39, 0.29) is 58.3 Å². The van der Waals surface area contributed by atoms with Crippen molar-refractivity contribution in [1.82, 2.24) is 0 Å². The van der Waals surface area contributed by atoms with E-state index in [0.717, 1.165) is 6.26 Å². The number of rotatable bonds is 7. The van der Waals surface area contributed by atoms with Crippen LogP contribution >= 0.6 is 11.6 Å². The third kappa shape index (κ3) is 5.66. The van der Waals surface area contributed by atoms with Crippen molar-refractivity contribution >= 4 is 50.5 Å². The molecule has 12 heteroatoms. The third-order valence-corrected chi connectivity index (χ3v) is 6.61. The number of halogens is 2. The summed E-state index contributed by atoms with van der Waals surface area (Å²) in [5.74, 6) is -2.21. The lowest BCUT2D eigenvalue weighted by Gasteiger charge is -2.19. The molecule has 1 atom stereocenters. The summed E-state index contributed by atoms with van der Waals surface area (Å²) in [4.78, 5) is 29.6. The van der Waals surface area contributed by atoms with Crippen LogP contribution in [0.4, 0.5) is 21.5 Å². The number of amides is 2. The van der Waals surface area contributed by atoms with E-state index < -0.39 is 21.7 Å². The van der Waals surface area contributed by atoms with Crippen molar-refractivity contribution in [3.8, 4) is 11.5 Å². The predicted molar refractivity (Wildman–Crippen MR) is 137 cm³/mol. The van der Waals surface area contributed by atoms with Gasteiger partial charge in [0.05, 0.1) is 29.1 Å². The number of anilines is 2. The molecule has 0 unspecified atom stereocenters. The molecule has 190 valence electrons. The Balaban J connectivity index is 1.61. The molecule has 0 spiro atoms. The first-order valence-corrected chi connectivity index (χ1v) is 13.1. The minimum Gasteiger partial charge on any atom is -0.464 e.